The van der Waals surface area contributed by atoms with Crippen molar-refractivity contribution in [1.29, 1.82) is 0 Å². The molecule has 2 heterocycles. The van der Waals surface area contributed by atoms with E-state index in [0.29, 0.717) is 37.1 Å². The first-order valence-corrected chi connectivity index (χ1v) is 9.29. The van der Waals surface area contributed by atoms with Gasteiger partial charge in [-0.1, -0.05) is 6.92 Å². The van der Waals surface area contributed by atoms with Gasteiger partial charge in [0.15, 0.2) is 0 Å². The molecule has 3 rings (SSSR count). The molecule has 1 aliphatic rings. The van der Waals surface area contributed by atoms with E-state index in [2.05, 4.69) is 22.5 Å². The quantitative estimate of drug-likeness (QED) is 0.797. The Balaban J connectivity index is 1.41. The van der Waals surface area contributed by atoms with Crippen LogP contribution in [0.5, 0.6) is 0 Å². The Morgan fingerprint density at radius 3 is 2.81 bits per heavy atom. The van der Waals surface area contributed by atoms with Crippen molar-refractivity contribution in [2.24, 2.45) is 11.8 Å². The third-order valence-corrected chi connectivity index (χ3v) is 5.04. The Labute approximate surface area is 153 Å². The summed E-state index contributed by atoms with van der Waals surface area (Å²) in [7, 11) is 0. The molecule has 2 N–H and O–H groups in total. The van der Waals surface area contributed by atoms with Gasteiger partial charge in [0.05, 0.1) is 5.69 Å². The number of hydrogen-bond acceptors (Lipinski definition) is 4. The predicted molar refractivity (Wildman–Crippen MR) is 98.0 cm³/mol. The van der Waals surface area contributed by atoms with Crippen molar-refractivity contribution in [2.45, 2.75) is 32.6 Å². The molecule has 1 amide bonds. The lowest BCUT2D eigenvalue weighted by molar-refractivity contribution is -0.122. The maximum absolute atomic E-state index is 13.0. The fourth-order valence-electron chi connectivity index (χ4n) is 3.42. The first kappa shape index (κ1) is 18.6. The third-order valence-electron chi connectivity index (χ3n) is 5.04. The first-order valence-electron chi connectivity index (χ1n) is 9.29. The second-order valence-corrected chi connectivity index (χ2v) is 7.02. The normalized spacial score (nSPS) is 16.4. The number of halogens is 1. The fraction of sp³-hybridized carbons (Fsp3) is 0.500. The number of hydrogen-bond donors (Lipinski definition) is 2. The Bertz CT molecular complexity index is 708. The Hall–Kier alpha value is -2.21. The van der Waals surface area contributed by atoms with Crippen LogP contribution < -0.4 is 10.6 Å². The van der Waals surface area contributed by atoms with E-state index in [1.54, 1.807) is 18.4 Å². The van der Waals surface area contributed by atoms with Gasteiger partial charge in [0, 0.05) is 24.9 Å². The molecule has 1 aromatic heterocycles. The number of rotatable bonds is 7. The number of nitrogens with zero attached hydrogens (tertiary/aromatic N) is 1. The van der Waals surface area contributed by atoms with Crippen molar-refractivity contribution in [1.82, 2.24) is 15.6 Å². The third kappa shape index (κ3) is 5.14. The van der Waals surface area contributed by atoms with Crippen molar-refractivity contribution in [3.8, 4) is 11.5 Å². The van der Waals surface area contributed by atoms with Crippen molar-refractivity contribution in [2.75, 3.05) is 19.6 Å². The SMILES string of the molecule is CC(CC(=O)NCCc1coc(-c2ccc(F)cc2)n1)C1CCNCC1. The molecule has 1 unspecified atom stereocenters. The lowest BCUT2D eigenvalue weighted by Crippen LogP contribution is -2.34. The molecule has 1 aliphatic heterocycles. The smallest absolute Gasteiger partial charge is 0.226 e. The number of nitrogens with one attached hydrogen (secondary N) is 2. The average molecular weight is 359 g/mol. The first-order chi connectivity index (χ1) is 12.6. The van der Waals surface area contributed by atoms with Crippen LogP contribution in [0.15, 0.2) is 34.9 Å². The molecular weight excluding hydrogens is 333 g/mol. The highest BCUT2D eigenvalue weighted by Crippen LogP contribution is 2.24. The van der Waals surface area contributed by atoms with E-state index in [4.69, 9.17) is 4.42 Å². The van der Waals surface area contributed by atoms with Gasteiger partial charge in [0.25, 0.3) is 0 Å². The van der Waals surface area contributed by atoms with Gasteiger partial charge in [-0.25, -0.2) is 9.37 Å². The minimum Gasteiger partial charge on any atom is -0.444 e. The molecule has 5 nitrogen and oxygen atoms in total. The zero-order valence-electron chi connectivity index (χ0n) is 15.1. The van der Waals surface area contributed by atoms with Gasteiger partial charge in [0.2, 0.25) is 11.8 Å². The Morgan fingerprint density at radius 1 is 1.35 bits per heavy atom. The van der Waals surface area contributed by atoms with Crippen LogP contribution in [0.25, 0.3) is 11.5 Å². The molecule has 1 aromatic carbocycles. The largest absolute Gasteiger partial charge is 0.444 e. The van der Waals surface area contributed by atoms with Gasteiger partial charge in [-0.3, -0.25) is 4.79 Å². The van der Waals surface area contributed by atoms with Gasteiger partial charge in [-0.05, 0) is 62.0 Å². The van der Waals surface area contributed by atoms with E-state index in [1.807, 2.05) is 0 Å². The maximum atomic E-state index is 13.0. The second kappa shape index (κ2) is 8.94. The molecule has 0 saturated carbocycles. The van der Waals surface area contributed by atoms with Crippen molar-refractivity contribution >= 4 is 5.91 Å². The van der Waals surface area contributed by atoms with Crippen LogP contribution >= 0.6 is 0 Å². The molecule has 26 heavy (non-hydrogen) atoms. The highest BCUT2D eigenvalue weighted by molar-refractivity contribution is 5.76. The number of carbonyl (C=O) groups excluding carboxylic acids is 1. The van der Waals surface area contributed by atoms with E-state index in [-0.39, 0.29) is 11.7 Å². The van der Waals surface area contributed by atoms with E-state index in [0.717, 1.165) is 37.2 Å². The number of benzene rings is 1. The van der Waals surface area contributed by atoms with Crippen LogP contribution in [0.3, 0.4) is 0 Å². The second-order valence-electron chi connectivity index (χ2n) is 7.02. The van der Waals surface area contributed by atoms with Crippen LogP contribution in [-0.2, 0) is 11.2 Å². The zero-order valence-corrected chi connectivity index (χ0v) is 15.1. The molecule has 1 atom stereocenters. The summed E-state index contributed by atoms with van der Waals surface area (Å²) in [6.07, 6.45) is 5.07. The summed E-state index contributed by atoms with van der Waals surface area (Å²) in [5, 5.41) is 6.33. The van der Waals surface area contributed by atoms with Gasteiger partial charge in [-0.2, -0.15) is 0 Å². The van der Waals surface area contributed by atoms with Gasteiger partial charge < -0.3 is 15.1 Å². The number of piperidine rings is 1. The zero-order chi connectivity index (χ0) is 18.4. The van der Waals surface area contributed by atoms with Crippen molar-refractivity contribution < 1.29 is 13.6 Å². The molecule has 140 valence electrons. The number of amides is 1. The maximum Gasteiger partial charge on any atom is 0.226 e. The molecule has 2 aromatic rings. The van der Waals surface area contributed by atoms with E-state index in [1.165, 1.54) is 12.1 Å². The summed E-state index contributed by atoms with van der Waals surface area (Å²) in [6, 6.07) is 6.02. The summed E-state index contributed by atoms with van der Waals surface area (Å²) >= 11 is 0. The van der Waals surface area contributed by atoms with Crippen LogP contribution in [0.2, 0.25) is 0 Å². The van der Waals surface area contributed by atoms with Crippen molar-refractivity contribution in [3.05, 3.63) is 42.0 Å². The summed E-state index contributed by atoms with van der Waals surface area (Å²) in [4.78, 5) is 16.5. The Kier molecular flexibility index (Phi) is 6.39. The monoisotopic (exact) mass is 359 g/mol. The average Bonchev–Trinajstić information content (AvgIpc) is 3.12. The standard InChI is InChI=1S/C20H26FN3O2/c1-14(15-6-9-22-10-7-15)12-19(25)23-11-8-18-13-26-20(24-18)16-2-4-17(21)5-3-16/h2-5,13-15,22H,6-12H2,1H3,(H,23,25). The highest BCUT2D eigenvalue weighted by Gasteiger charge is 2.21. The van der Waals surface area contributed by atoms with Crippen molar-refractivity contribution in [3.63, 3.8) is 0 Å². The molecule has 1 fully saturated rings. The number of oxazole rings is 1. The fourth-order valence-corrected chi connectivity index (χ4v) is 3.42. The molecule has 0 spiro atoms. The van der Waals surface area contributed by atoms with Crippen LogP contribution in [0.1, 0.15) is 31.9 Å². The van der Waals surface area contributed by atoms with Crippen LogP contribution in [0, 0.1) is 17.7 Å². The molecule has 0 radical (unpaired) electrons. The summed E-state index contributed by atoms with van der Waals surface area (Å²) < 4.78 is 18.4. The van der Waals surface area contributed by atoms with Gasteiger partial charge >= 0.3 is 0 Å². The lowest BCUT2D eigenvalue weighted by Gasteiger charge is -2.27. The van der Waals surface area contributed by atoms with E-state index in [9.17, 15) is 9.18 Å². The van der Waals surface area contributed by atoms with Gasteiger partial charge in [0.1, 0.15) is 12.1 Å². The summed E-state index contributed by atoms with van der Waals surface area (Å²) in [5.74, 6) is 1.32. The Morgan fingerprint density at radius 2 is 2.08 bits per heavy atom. The topological polar surface area (TPSA) is 67.2 Å². The highest BCUT2D eigenvalue weighted by atomic mass is 19.1. The van der Waals surface area contributed by atoms with E-state index >= 15 is 0 Å². The molecule has 6 heteroatoms. The molecule has 0 bridgehead atoms. The van der Waals surface area contributed by atoms with E-state index < -0.39 is 0 Å². The summed E-state index contributed by atoms with van der Waals surface area (Å²) in [6.45, 7) is 4.81. The summed E-state index contributed by atoms with van der Waals surface area (Å²) in [5.41, 5.74) is 1.51. The molecular formula is C20H26FN3O2. The minimum absolute atomic E-state index is 0.0956. The predicted octanol–water partition coefficient (Wildman–Crippen LogP) is 3.17. The lowest BCUT2D eigenvalue weighted by atomic mass is 9.84. The number of aromatic nitrogens is 1. The van der Waals surface area contributed by atoms with Crippen LogP contribution in [0.4, 0.5) is 4.39 Å². The molecule has 0 aliphatic carbocycles. The van der Waals surface area contributed by atoms with Crippen LogP contribution in [-0.4, -0.2) is 30.5 Å². The minimum atomic E-state index is -0.290. The van der Waals surface area contributed by atoms with Gasteiger partial charge in [-0.15, -0.1) is 0 Å². The number of carbonyl (C=O) groups is 1. The molecule has 1 saturated heterocycles.